The number of hydrogen-bond acceptors (Lipinski definition) is 4. The van der Waals surface area contributed by atoms with Crippen LogP contribution in [0.15, 0.2) is 24.4 Å². The summed E-state index contributed by atoms with van der Waals surface area (Å²) in [7, 11) is 0. The SMILES string of the molecule is CCCNc1c(C#N)cnc2c(OCCC)cccc12. The Balaban J connectivity index is 2.53. The summed E-state index contributed by atoms with van der Waals surface area (Å²) in [6.45, 7) is 5.66. The number of pyridine rings is 1. The van der Waals surface area contributed by atoms with Gasteiger partial charge in [0, 0.05) is 18.1 Å². The van der Waals surface area contributed by atoms with Gasteiger partial charge in [-0.25, -0.2) is 0 Å². The minimum Gasteiger partial charge on any atom is -0.491 e. The highest BCUT2D eigenvalue weighted by atomic mass is 16.5. The van der Waals surface area contributed by atoms with Crippen molar-refractivity contribution in [2.75, 3.05) is 18.5 Å². The molecule has 4 heteroatoms. The number of fused-ring (bicyclic) bond motifs is 1. The van der Waals surface area contributed by atoms with E-state index in [9.17, 15) is 5.26 Å². The minimum absolute atomic E-state index is 0.568. The normalized spacial score (nSPS) is 10.2. The summed E-state index contributed by atoms with van der Waals surface area (Å²) in [5, 5.41) is 13.5. The quantitative estimate of drug-likeness (QED) is 0.868. The van der Waals surface area contributed by atoms with Crippen molar-refractivity contribution in [3.05, 3.63) is 30.0 Å². The van der Waals surface area contributed by atoms with Gasteiger partial charge in [0.1, 0.15) is 17.3 Å². The zero-order valence-corrected chi connectivity index (χ0v) is 11.9. The van der Waals surface area contributed by atoms with Crippen LogP contribution in [-0.4, -0.2) is 18.1 Å². The van der Waals surface area contributed by atoms with Crippen LogP contribution in [0.1, 0.15) is 32.3 Å². The fourth-order valence-corrected chi connectivity index (χ4v) is 2.05. The van der Waals surface area contributed by atoms with E-state index in [2.05, 4.69) is 30.2 Å². The average molecular weight is 269 g/mol. The predicted molar refractivity (Wildman–Crippen MR) is 81.0 cm³/mol. The Labute approximate surface area is 119 Å². The first kappa shape index (κ1) is 14.1. The molecule has 1 aromatic heterocycles. The number of hydrogen-bond donors (Lipinski definition) is 1. The van der Waals surface area contributed by atoms with Crippen LogP contribution >= 0.6 is 0 Å². The fraction of sp³-hybridized carbons (Fsp3) is 0.375. The largest absolute Gasteiger partial charge is 0.491 e. The van der Waals surface area contributed by atoms with E-state index in [1.807, 2.05) is 18.2 Å². The Morgan fingerprint density at radius 1 is 1.30 bits per heavy atom. The fourth-order valence-electron chi connectivity index (χ4n) is 2.05. The summed E-state index contributed by atoms with van der Waals surface area (Å²) in [6.07, 6.45) is 3.56. The Bertz CT molecular complexity index is 631. The first-order valence-electron chi connectivity index (χ1n) is 7.00. The van der Waals surface area contributed by atoms with Gasteiger partial charge in [-0.05, 0) is 18.9 Å². The lowest BCUT2D eigenvalue weighted by Crippen LogP contribution is -2.04. The van der Waals surface area contributed by atoms with Crippen LogP contribution < -0.4 is 10.1 Å². The molecule has 0 aliphatic rings. The van der Waals surface area contributed by atoms with Crippen molar-refractivity contribution in [2.45, 2.75) is 26.7 Å². The molecule has 0 saturated heterocycles. The monoisotopic (exact) mass is 269 g/mol. The second-order valence-electron chi connectivity index (χ2n) is 4.59. The van der Waals surface area contributed by atoms with Crippen LogP contribution in [0.25, 0.3) is 10.9 Å². The van der Waals surface area contributed by atoms with E-state index in [1.165, 1.54) is 0 Å². The third kappa shape index (κ3) is 2.83. The Morgan fingerprint density at radius 2 is 2.15 bits per heavy atom. The van der Waals surface area contributed by atoms with Gasteiger partial charge in [-0.1, -0.05) is 26.0 Å². The van der Waals surface area contributed by atoms with Gasteiger partial charge >= 0.3 is 0 Å². The molecule has 2 rings (SSSR count). The third-order valence-corrected chi connectivity index (χ3v) is 2.99. The highest BCUT2D eigenvalue weighted by Gasteiger charge is 2.11. The lowest BCUT2D eigenvalue weighted by atomic mass is 10.1. The van der Waals surface area contributed by atoms with Crippen molar-refractivity contribution < 1.29 is 4.74 Å². The van der Waals surface area contributed by atoms with E-state index in [0.717, 1.165) is 41.7 Å². The van der Waals surface area contributed by atoms with Crippen LogP contribution in [0.2, 0.25) is 0 Å². The molecule has 20 heavy (non-hydrogen) atoms. The molecule has 0 aliphatic carbocycles. The summed E-state index contributed by atoms with van der Waals surface area (Å²) < 4.78 is 5.73. The molecule has 1 N–H and O–H groups in total. The van der Waals surface area contributed by atoms with E-state index in [1.54, 1.807) is 6.20 Å². The van der Waals surface area contributed by atoms with Gasteiger partial charge in [-0.2, -0.15) is 5.26 Å². The maximum absolute atomic E-state index is 9.23. The number of rotatable bonds is 6. The van der Waals surface area contributed by atoms with Gasteiger partial charge in [-0.15, -0.1) is 0 Å². The van der Waals surface area contributed by atoms with E-state index >= 15 is 0 Å². The van der Waals surface area contributed by atoms with Crippen LogP contribution in [0.4, 0.5) is 5.69 Å². The summed E-state index contributed by atoms with van der Waals surface area (Å²) in [5.74, 6) is 0.772. The van der Waals surface area contributed by atoms with E-state index in [-0.39, 0.29) is 0 Å². The second-order valence-corrected chi connectivity index (χ2v) is 4.59. The van der Waals surface area contributed by atoms with E-state index in [0.29, 0.717) is 12.2 Å². The van der Waals surface area contributed by atoms with Gasteiger partial charge in [0.15, 0.2) is 0 Å². The van der Waals surface area contributed by atoms with Crippen LogP contribution in [0.5, 0.6) is 5.75 Å². The molecule has 2 aromatic rings. The number of benzene rings is 1. The maximum Gasteiger partial charge on any atom is 0.145 e. The van der Waals surface area contributed by atoms with E-state index in [4.69, 9.17) is 4.74 Å². The lowest BCUT2D eigenvalue weighted by Gasteiger charge is -2.13. The number of nitrogens with zero attached hydrogens (tertiary/aromatic N) is 2. The highest BCUT2D eigenvalue weighted by molar-refractivity contribution is 5.97. The highest BCUT2D eigenvalue weighted by Crippen LogP contribution is 2.31. The number of nitrogens with one attached hydrogen (secondary N) is 1. The van der Waals surface area contributed by atoms with Crippen molar-refractivity contribution in [3.8, 4) is 11.8 Å². The average Bonchev–Trinajstić information content (AvgIpc) is 2.50. The molecule has 0 saturated carbocycles. The first-order chi connectivity index (χ1) is 9.81. The molecule has 0 atom stereocenters. The zero-order chi connectivity index (χ0) is 14.4. The summed E-state index contributed by atoms with van der Waals surface area (Å²) in [4.78, 5) is 4.39. The zero-order valence-electron chi connectivity index (χ0n) is 11.9. The first-order valence-corrected chi connectivity index (χ1v) is 7.00. The van der Waals surface area contributed by atoms with Crippen molar-refractivity contribution in [1.29, 1.82) is 5.26 Å². The molecular formula is C16H19N3O. The van der Waals surface area contributed by atoms with Gasteiger partial charge < -0.3 is 10.1 Å². The molecule has 104 valence electrons. The smallest absolute Gasteiger partial charge is 0.145 e. The van der Waals surface area contributed by atoms with Crippen molar-refractivity contribution in [1.82, 2.24) is 4.98 Å². The molecule has 0 fully saturated rings. The minimum atomic E-state index is 0.568. The maximum atomic E-state index is 9.23. The van der Waals surface area contributed by atoms with Crippen molar-refractivity contribution in [3.63, 3.8) is 0 Å². The number of ether oxygens (including phenoxy) is 1. The number of anilines is 1. The van der Waals surface area contributed by atoms with Crippen LogP contribution in [0, 0.1) is 11.3 Å². The van der Waals surface area contributed by atoms with Crippen LogP contribution in [0.3, 0.4) is 0 Å². The Kier molecular flexibility index (Phi) is 4.78. The molecule has 0 aliphatic heterocycles. The lowest BCUT2D eigenvalue weighted by molar-refractivity contribution is 0.320. The number of nitriles is 1. The predicted octanol–water partition coefficient (Wildman–Crippen LogP) is 3.72. The topological polar surface area (TPSA) is 57.9 Å². The summed E-state index contributed by atoms with van der Waals surface area (Å²) in [5.41, 5.74) is 2.22. The van der Waals surface area contributed by atoms with Gasteiger partial charge in [0.25, 0.3) is 0 Å². The molecule has 0 bridgehead atoms. The Hall–Kier alpha value is -2.28. The van der Waals surface area contributed by atoms with Gasteiger partial charge in [0.05, 0.1) is 17.9 Å². The Morgan fingerprint density at radius 3 is 2.85 bits per heavy atom. The van der Waals surface area contributed by atoms with Crippen LogP contribution in [-0.2, 0) is 0 Å². The summed E-state index contributed by atoms with van der Waals surface area (Å²) >= 11 is 0. The molecule has 0 radical (unpaired) electrons. The third-order valence-electron chi connectivity index (χ3n) is 2.99. The molecule has 1 aromatic carbocycles. The standard InChI is InChI=1S/C16H19N3O/c1-3-8-18-15-12(10-17)11-19-16-13(15)6-5-7-14(16)20-9-4-2/h5-7,11H,3-4,8-9H2,1-2H3,(H,18,19). The molecule has 4 nitrogen and oxygen atoms in total. The number of aromatic nitrogens is 1. The molecule has 0 unspecified atom stereocenters. The molecule has 0 amide bonds. The van der Waals surface area contributed by atoms with Gasteiger partial charge in [0.2, 0.25) is 0 Å². The molecular weight excluding hydrogens is 250 g/mol. The van der Waals surface area contributed by atoms with E-state index < -0.39 is 0 Å². The van der Waals surface area contributed by atoms with Crippen molar-refractivity contribution in [2.24, 2.45) is 0 Å². The molecule has 0 spiro atoms. The second kappa shape index (κ2) is 6.76. The van der Waals surface area contributed by atoms with Crippen molar-refractivity contribution >= 4 is 16.6 Å². The molecule has 1 heterocycles. The number of para-hydroxylation sites is 1. The summed E-state index contributed by atoms with van der Waals surface area (Å²) in [6, 6.07) is 8.02. The van der Waals surface area contributed by atoms with Gasteiger partial charge in [-0.3, -0.25) is 4.98 Å².